The van der Waals surface area contributed by atoms with E-state index in [0.717, 1.165) is 17.0 Å². The molecule has 1 aromatic carbocycles. The molecule has 0 aromatic heterocycles. The monoisotopic (exact) mass is 238 g/mol. The summed E-state index contributed by atoms with van der Waals surface area (Å²) in [6, 6.07) is 7.61. The molecule has 0 fully saturated rings. The van der Waals surface area contributed by atoms with E-state index in [1.54, 1.807) is 0 Å². The van der Waals surface area contributed by atoms with Gasteiger partial charge < -0.3 is 9.31 Å². The summed E-state index contributed by atoms with van der Waals surface area (Å²) in [6.45, 7) is 3.84. The predicted molar refractivity (Wildman–Crippen MR) is 56.4 cm³/mol. The molecular formula is C9H8BBrO2. The van der Waals surface area contributed by atoms with E-state index < -0.39 is 0 Å². The Morgan fingerprint density at radius 1 is 1.31 bits per heavy atom. The summed E-state index contributed by atoms with van der Waals surface area (Å²) in [5.41, 5.74) is 0.885. The van der Waals surface area contributed by atoms with Gasteiger partial charge in [0, 0.05) is 5.33 Å². The summed E-state index contributed by atoms with van der Waals surface area (Å²) in [6.07, 6.45) is 0. The fourth-order valence-electron chi connectivity index (χ4n) is 1.13. The Morgan fingerprint density at radius 2 is 1.85 bits per heavy atom. The molecule has 4 heteroatoms. The SMILES string of the molecule is C=C(CBr)B1Oc2ccccc2O1. The van der Waals surface area contributed by atoms with Crippen molar-refractivity contribution >= 4 is 23.0 Å². The number of fused-ring (bicyclic) bond motifs is 1. The highest BCUT2D eigenvalue weighted by Gasteiger charge is 2.33. The van der Waals surface area contributed by atoms with Gasteiger partial charge in [-0.3, -0.25) is 0 Å². The average molecular weight is 239 g/mol. The van der Waals surface area contributed by atoms with Crippen molar-refractivity contribution in [3.8, 4) is 11.5 Å². The summed E-state index contributed by atoms with van der Waals surface area (Å²) >= 11 is 3.31. The topological polar surface area (TPSA) is 18.5 Å². The van der Waals surface area contributed by atoms with Crippen LogP contribution in [0.3, 0.4) is 0 Å². The molecule has 13 heavy (non-hydrogen) atoms. The van der Waals surface area contributed by atoms with Gasteiger partial charge in [-0.25, -0.2) is 0 Å². The minimum Gasteiger partial charge on any atom is -0.519 e. The maximum atomic E-state index is 5.51. The molecule has 0 spiro atoms. The minimum atomic E-state index is -0.336. The second-order valence-electron chi connectivity index (χ2n) is 2.81. The fourth-order valence-corrected chi connectivity index (χ4v) is 1.39. The summed E-state index contributed by atoms with van der Waals surface area (Å²) < 4.78 is 11.0. The lowest BCUT2D eigenvalue weighted by atomic mass is 9.81. The van der Waals surface area contributed by atoms with Crippen LogP contribution in [0.25, 0.3) is 0 Å². The van der Waals surface area contributed by atoms with Crippen LogP contribution in [0.1, 0.15) is 0 Å². The molecule has 0 unspecified atom stereocenters. The first kappa shape index (κ1) is 8.69. The lowest BCUT2D eigenvalue weighted by molar-refractivity contribution is 0.512. The first-order valence-corrected chi connectivity index (χ1v) is 5.09. The highest BCUT2D eigenvalue weighted by atomic mass is 79.9. The fraction of sp³-hybridized carbons (Fsp3) is 0.111. The Bertz CT molecular complexity index is 315. The molecule has 1 aliphatic rings. The van der Waals surface area contributed by atoms with Crippen LogP contribution in [0.5, 0.6) is 11.5 Å². The van der Waals surface area contributed by atoms with Crippen LogP contribution in [0, 0.1) is 0 Å². The van der Waals surface area contributed by atoms with E-state index in [9.17, 15) is 0 Å². The smallest absolute Gasteiger partial charge is 0.519 e. The van der Waals surface area contributed by atoms with Gasteiger partial charge in [0.15, 0.2) is 0 Å². The van der Waals surface area contributed by atoms with Gasteiger partial charge in [0.05, 0.1) is 0 Å². The van der Waals surface area contributed by atoms with Crippen molar-refractivity contribution < 1.29 is 9.31 Å². The van der Waals surface area contributed by atoms with Crippen LogP contribution in [0.15, 0.2) is 36.3 Å². The van der Waals surface area contributed by atoms with Crippen molar-refractivity contribution in [3.63, 3.8) is 0 Å². The summed E-state index contributed by atoms with van der Waals surface area (Å²) in [5.74, 6) is 1.57. The first-order valence-electron chi connectivity index (χ1n) is 3.97. The zero-order chi connectivity index (χ0) is 9.26. The maximum absolute atomic E-state index is 5.51. The largest absolute Gasteiger partial charge is 0.628 e. The number of allylic oxidation sites excluding steroid dienone is 1. The molecule has 0 aliphatic carbocycles. The Kier molecular flexibility index (Phi) is 2.31. The van der Waals surface area contributed by atoms with Crippen molar-refractivity contribution in [3.05, 3.63) is 36.3 Å². The van der Waals surface area contributed by atoms with Crippen LogP contribution in [-0.2, 0) is 0 Å². The van der Waals surface area contributed by atoms with Crippen LogP contribution in [0.4, 0.5) is 0 Å². The second kappa shape index (κ2) is 3.46. The quantitative estimate of drug-likeness (QED) is 0.582. The predicted octanol–water partition coefficient (Wildman–Crippen LogP) is 2.44. The molecule has 0 saturated heterocycles. The van der Waals surface area contributed by atoms with E-state index in [4.69, 9.17) is 9.31 Å². The van der Waals surface area contributed by atoms with Gasteiger partial charge in [0.2, 0.25) is 0 Å². The lowest BCUT2D eigenvalue weighted by Crippen LogP contribution is -2.27. The molecule has 66 valence electrons. The number of rotatable bonds is 2. The zero-order valence-corrected chi connectivity index (χ0v) is 8.58. The average Bonchev–Trinajstić information content (AvgIpc) is 2.59. The van der Waals surface area contributed by atoms with Gasteiger partial charge in [-0.1, -0.05) is 34.6 Å². The standard InChI is InChI=1S/C9H8BBrO2/c1-7(6-11)10-12-8-4-2-3-5-9(8)13-10/h2-5H,1,6H2. The van der Waals surface area contributed by atoms with Crippen molar-refractivity contribution in [2.75, 3.05) is 5.33 Å². The zero-order valence-electron chi connectivity index (χ0n) is 7.00. The van der Waals surface area contributed by atoms with Gasteiger partial charge in [-0.2, -0.15) is 0 Å². The molecule has 0 atom stereocenters. The van der Waals surface area contributed by atoms with E-state index in [-0.39, 0.29) is 7.12 Å². The molecule has 0 N–H and O–H groups in total. The molecule has 0 saturated carbocycles. The van der Waals surface area contributed by atoms with Crippen LogP contribution >= 0.6 is 15.9 Å². The Hall–Kier alpha value is -0.895. The van der Waals surface area contributed by atoms with E-state index >= 15 is 0 Å². The van der Waals surface area contributed by atoms with Crippen molar-refractivity contribution in [1.82, 2.24) is 0 Å². The number of alkyl halides is 1. The second-order valence-corrected chi connectivity index (χ2v) is 3.37. The van der Waals surface area contributed by atoms with Crippen LogP contribution < -0.4 is 9.31 Å². The van der Waals surface area contributed by atoms with E-state index in [0.29, 0.717) is 5.33 Å². The maximum Gasteiger partial charge on any atom is 0.628 e. The van der Waals surface area contributed by atoms with Crippen molar-refractivity contribution in [2.24, 2.45) is 0 Å². The summed E-state index contributed by atoms with van der Waals surface area (Å²) in [7, 11) is -0.336. The third-order valence-corrected chi connectivity index (χ3v) is 2.54. The molecule has 2 rings (SSSR count). The Morgan fingerprint density at radius 3 is 2.31 bits per heavy atom. The number of hydrogen-bond acceptors (Lipinski definition) is 2. The molecule has 0 amide bonds. The molecule has 0 radical (unpaired) electrons. The highest BCUT2D eigenvalue weighted by Crippen LogP contribution is 2.34. The molecule has 1 aromatic rings. The summed E-state index contributed by atoms with van der Waals surface area (Å²) in [4.78, 5) is 0. The van der Waals surface area contributed by atoms with Gasteiger partial charge >= 0.3 is 7.12 Å². The Labute approximate surface area is 85.8 Å². The third-order valence-electron chi connectivity index (χ3n) is 1.82. The van der Waals surface area contributed by atoms with Gasteiger partial charge in [0.25, 0.3) is 0 Å². The van der Waals surface area contributed by atoms with Crippen molar-refractivity contribution in [1.29, 1.82) is 0 Å². The first-order chi connectivity index (χ1) is 6.31. The molecule has 2 nitrogen and oxygen atoms in total. The highest BCUT2D eigenvalue weighted by molar-refractivity contribution is 9.09. The third kappa shape index (κ3) is 1.58. The molecule has 1 aliphatic heterocycles. The number of benzene rings is 1. The lowest BCUT2D eigenvalue weighted by Gasteiger charge is -2.03. The number of para-hydroxylation sites is 2. The van der Waals surface area contributed by atoms with E-state index in [2.05, 4.69) is 22.5 Å². The Balaban J connectivity index is 2.18. The minimum absolute atomic E-state index is 0.336. The van der Waals surface area contributed by atoms with Gasteiger partial charge in [-0.15, -0.1) is 0 Å². The van der Waals surface area contributed by atoms with Crippen molar-refractivity contribution in [2.45, 2.75) is 0 Å². The normalized spacial score (nSPS) is 13.2. The number of halogens is 1. The number of hydrogen-bond donors (Lipinski definition) is 0. The molecule has 0 bridgehead atoms. The van der Waals surface area contributed by atoms with Gasteiger partial charge in [-0.05, 0) is 17.6 Å². The summed E-state index contributed by atoms with van der Waals surface area (Å²) in [5, 5.41) is 0.686. The molecular weight excluding hydrogens is 231 g/mol. The van der Waals surface area contributed by atoms with Crippen LogP contribution in [-0.4, -0.2) is 12.4 Å². The van der Waals surface area contributed by atoms with E-state index in [1.165, 1.54) is 0 Å². The van der Waals surface area contributed by atoms with E-state index in [1.807, 2.05) is 24.3 Å². The van der Waals surface area contributed by atoms with Gasteiger partial charge in [0.1, 0.15) is 11.5 Å². The van der Waals surface area contributed by atoms with Crippen LogP contribution in [0.2, 0.25) is 0 Å². The molecule has 1 heterocycles.